The van der Waals surface area contributed by atoms with Crippen molar-refractivity contribution in [3.63, 3.8) is 0 Å². The summed E-state index contributed by atoms with van der Waals surface area (Å²) in [5.41, 5.74) is 1.91. The lowest BCUT2D eigenvalue weighted by Gasteiger charge is -2.27. The zero-order chi connectivity index (χ0) is 14.5. The third-order valence-electron chi connectivity index (χ3n) is 3.10. The lowest BCUT2D eigenvalue weighted by atomic mass is 9.85. The predicted molar refractivity (Wildman–Crippen MR) is 85.8 cm³/mol. The van der Waals surface area contributed by atoms with Crippen LogP contribution in [0.2, 0.25) is 0 Å². The van der Waals surface area contributed by atoms with Crippen molar-refractivity contribution in [3.05, 3.63) is 71.8 Å². The Balaban J connectivity index is 2.52. The van der Waals surface area contributed by atoms with Crippen LogP contribution >= 0.6 is 32.3 Å². The highest BCUT2D eigenvalue weighted by Gasteiger charge is 2.34. The monoisotopic (exact) mass is 397 g/mol. The highest BCUT2D eigenvalue weighted by molar-refractivity contribution is 9.21. The van der Waals surface area contributed by atoms with Gasteiger partial charge in [-0.05, 0) is 11.1 Å². The molecule has 0 heterocycles. The Hall–Kier alpha value is -1.17. The SMILES string of the molecule is O=C(O)[C@H](C(c1ccccc1)c1ccccc1)N(Br)Br. The zero-order valence-corrected chi connectivity index (χ0v) is 13.7. The molecule has 0 bridgehead atoms. The van der Waals surface area contributed by atoms with Crippen molar-refractivity contribution >= 4 is 38.3 Å². The summed E-state index contributed by atoms with van der Waals surface area (Å²) in [7, 11) is 0. The first-order valence-corrected chi connectivity index (χ1v) is 7.46. The lowest BCUT2D eigenvalue weighted by molar-refractivity contribution is -0.140. The average Bonchev–Trinajstić information content (AvgIpc) is 2.45. The van der Waals surface area contributed by atoms with E-state index in [0.717, 1.165) is 11.1 Å². The van der Waals surface area contributed by atoms with Gasteiger partial charge in [-0.15, -0.1) is 0 Å². The van der Waals surface area contributed by atoms with Gasteiger partial charge in [-0.2, -0.15) is 2.95 Å². The minimum atomic E-state index is -0.906. The second kappa shape index (κ2) is 7.02. The second-order valence-corrected chi connectivity index (χ2v) is 6.82. The van der Waals surface area contributed by atoms with Crippen LogP contribution < -0.4 is 0 Å². The van der Waals surface area contributed by atoms with Gasteiger partial charge in [0, 0.05) is 38.2 Å². The molecule has 0 fully saturated rings. The minimum Gasteiger partial charge on any atom is -0.480 e. The molecule has 0 aliphatic carbocycles. The van der Waals surface area contributed by atoms with Gasteiger partial charge in [0.1, 0.15) is 6.04 Å². The number of carbonyl (C=O) groups is 1. The number of carboxylic acid groups (broad SMARTS) is 1. The molecular formula is C15H13Br2NO2. The van der Waals surface area contributed by atoms with Gasteiger partial charge in [-0.3, -0.25) is 4.79 Å². The van der Waals surface area contributed by atoms with Crippen molar-refractivity contribution in [2.24, 2.45) is 0 Å². The third-order valence-corrected chi connectivity index (χ3v) is 3.98. The molecule has 0 spiro atoms. The second-order valence-electron chi connectivity index (χ2n) is 4.34. The first-order chi connectivity index (χ1) is 9.61. The molecule has 0 aliphatic rings. The Morgan fingerprint density at radius 3 is 1.60 bits per heavy atom. The van der Waals surface area contributed by atoms with E-state index in [0.29, 0.717) is 0 Å². The molecular weight excluding hydrogens is 386 g/mol. The normalized spacial score (nSPS) is 12.6. The van der Waals surface area contributed by atoms with Crippen molar-refractivity contribution in [1.82, 2.24) is 2.95 Å². The number of rotatable bonds is 5. The van der Waals surface area contributed by atoms with Gasteiger partial charge in [0.15, 0.2) is 0 Å². The summed E-state index contributed by atoms with van der Waals surface area (Å²) < 4.78 is 1.38. The van der Waals surface area contributed by atoms with Crippen molar-refractivity contribution in [1.29, 1.82) is 0 Å². The van der Waals surface area contributed by atoms with Crippen molar-refractivity contribution in [2.45, 2.75) is 12.0 Å². The van der Waals surface area contributed by atoms with Gasteiger partial charge in [-0.25, -0.2) is 0 Å². The Bertz CT molecular complexity index is 521. The summed E-state index contributed by atoms with van der Waals surface area (Å²) >= 11 is 6.41. The molecule has 1 N–H and O–H groups in total. The minimum absolute atomic E-state index is 0.284. The van der Waals surface area contributed by atoms with E-state index in [1.807, 2.05) is 60.7 Å². The molecule has 2 rings (SSSR count). The summed E-state index contributed by atoms with van der Waals surface area (Å²) in [6.07, 6.45) is 0. The molecule has 104 valence electrons. The van der Waals surface area contributed by atoms with E-state index in [2.05, 4.69) is 32.3 Å². The topological polar surface area (TPSA) is 40.5 Å². The number of hydrogen-bond donors (Lipinski definition) is 1. The fourth-order valence-corrected chi connectivity index (χ4v) is 3.04. The number of halogens is 2. The maximum Gasteiger partial charge on any atom is 0.323 e. The summed E-state index contributed by atoms with van der Waals surface area (Å²) in [5.74, 6) is -1.19. The van der Waals surface area contributed by atoms with Crippen LogP contribution in [-0.2, 0) is 4.79 Å². The first-order valence-electron chi connectivity index (χ1n) is 6.04. The van der Waals surface area contributed by atoms with Crippen molar-refractivity contribution < 1.29 is 9.90 Å². The molecule has 20 heavy (non-hydrogen) atoms. The average molecular weight is 399 g/mol. The van der Waals surface area contributed by atoms with Crippen LogP contribution in [0.15, 0.2) is 60.7 Å². The predicted octanol–water partition coefficient (Wildman–Crippen LogP) is 4.19. The van der Waals surface area contributed by atoms with Gasteiger partial charge in [-0.1, -0.05) is 60.7 Å². The zero-order valence-electron chi connectivity index (χ0n) is 10.5. The molecule has 2 aromatic rings. The largest absolute Gasteiger partial charge is 0.480 e. The maximum atomic E-state index is 11.6. The molecule has 3 nitrogen and oxygen atoms in total. The van der Waals surface area contributed by atoms with Crippen LogP contribution in [0.4, 0.5) is 0 Å². The van der Waals surface area contributed by atoms with Crippen LogP contribution in [-0.4, -0.2) is 20.1 Å². The quantitative estimate of drug-likeness (QED) is 0.767. The first kappa shape index (κ1) is 15.2. The highest BCUT2D eigenvalue weighted by Crippen LogP contribution is 2.33. The third kappa shape index (κ3) is 3.48. The van der Waals surface area contributed by atoms with Gasteiger partial charge >= 0.3 is 5.97 Å². The van der Waals surface area contributed by atoms with E-state index in [-0.39, 0.29) is 5.92 Å². The fourth-order valence-electron chi connectivity index (χ4n) is 2.22. The van der Waals surface area contributed by atoms with E-state index in [1.54, 1.807) is 0 Å². The smallest absolute Gasteiger partial charge is 0.323 e. The summed E-state index contributed by atoms with van der Waals surface area (Å²) in [4.78, 5) is 11.6. The van der Waals surface area contributed by atoms with Crippen LogP contribution in [0.5, 0.6) is 0 Å². The van der Waals surface area contributed by atoms with E-state index in [4.69, 9.17) is 0 Å². The Kier molecular flexibility index (Phi) is 5.34. The van der Waals surface area contributed by atoms with E-state index in [1.165, 1.54) is 2.95 Å². The van der Waals surface area contributed by atoms with Gasteiger partial charge in [0.05, 0.1) is 0 Å². The highest BCUT2D eigenvalue weighted by atomic mass is 79.9. The number of hydrogen-bond acceptors (Lipinski definition) is 2. The van der Waals surface area contributed by atoms with Crippen LogP contribution in [0.25, 0.3) is 0 Å². The van der Waals surface area contributed by atoms with Gasteiger partial charge in [0.25, 0.3) is 0 Å². The van der Waals surface area contributed by atoms with Gasteiger partial charge < -0.3 is 5.11 Å². The van der Waals surface area contributed by atoms with Crippen molar-refractivity contribution in [3.8, 4) is 0 Å². The molecule has 2 aromatic carbocycles. The van der Waals surface area contributed by atoms with Crippen LogP contribution in [0.1, 0.15) is 17.0 Å². The summed E-state index contributed by atoms with van der Waals surface area (Å²) in [5, 5.41) is 9.54. The van der Waals surface area contributed by atoms with E-state index < -0.39 is 12.0 Å². The molecule has 5 heteroatoms. The molecule has 0 aliphatic heterocycles. The Morgan fingerprint density at radius 1 is 0.900 bits per heavy atom. The van der Waals surface area contributed by atoms with E-state index in [9.17, 15) is 9.90 Å². The molecule has 0 aromatic heterocycles. The number of aliphatic carboxylic acids is 1. The number of carboxylic acids is 1. The Morgan fingerprint density at radius 2 is 1.30 bits per heavy atom. The van der Waals surface area contributed by atoms with Crippen LogP contribution in [0.3, 0.4) is 0 Å². The molecule has 1 atom stereocenters. The number of nitrogens with zero attached hydrogens (tertiary/aromatic N) is 1. The van der Waals surface area contributed by atoms with E-state index >= 15 is 0 Å². The maximum absolute atomic E-state index is 11.6. The standard InChI is InChI=1S/C15H13Br2NO2/c16-18(17)14(15(19)20)13(11-7-3-1-4-8-11)12-9-5-2-6-10-12/h1-10,13-14H,(H,19,20)/t14-/m0/s1. The van der Waals surface area contributed by atoms with Crippen LogP contribution in [0, 0.1) is 0 Å². The molecule has 0 radical (unpaired) electrons. The summed E-state index contributed by atoms with van der Waals surface area (Å²) in [6.45, 7) is 0. The molecule has 0 saturated carbocycles. The Labute approximate surface area is 134 Å². The number of benzene rings is 2. The molecule has 0 saturated heterocycles. The molecule has 0 amide bonds. The lowest BCUT2D eigenvalue weighted by Crippen LogP contribution is -2.35. The fraction of sp³-hybridized carbons (Fsp3) is 0.133. The van der Waals surface area contributed by atoms with Crippen molar-refractivity contribution in [2.75, 3.05) is 0 Å². The summed E-state index contributed by atoms with van der Waals surface area (Å²) in [6, 6.07) is 18.5. The molecule has 0 unspecified atom stereocenters. The van der Waals surface area contributed by atoms with Gasteiger partial charge in [0.2, 0.25) is 0 Å².